The molecule has 0 aliphatic rings. The maximum absolute atomic E-state index is 13.0. The molecule has 4 rings (SSSR count). The zero-order chi connectivity index (χ0) is 16.0. The van der Waals surface area contributed by atoms with Gasteiger partial charge >= 0.3 is 0 Å². The van der Waals surface area contributed by atoms with Gasteiger partial charge in [0.15, 0.2) is 10.8 Å². The van der Waals surface area contributed by atoms with Gasteiger partial charge in [0.25, 0.3) is 0 Å². The highest BCUT2D eigenvalue weighted by atomic mass is 32.1. The van der Waals surface area contributed by atoms with E-state index in [1.54, 1.807) is 21.3 Å². The summed E-state index contributed by atoms with van der Waals surface area (Å²) in [6.07, 6.45) is 2.50. The number of halogens is 1. The lowest BCUT2D eigenvalue weighted by molar-refractivity contribution is 0.627. The van der Waals surface area contributed by atoms with Crippen LogP contribution in [0.5, 0.6) is 0 Å². The lowest BCUT2D eigenvalue weighted by atomic mass is 10.1. The minimum atomic E-state index is -0.247. The van der Waals surface area contributed by atoms with Gasteiger partial charge in [-0.3, -0.25) is 4.68 Å². The van der Waals surface area contributed by atoms with Gasteiger partial charge in [0, 0.05) is 19.7 Å². The monoisotopic (exact) mass is 328 g/mol. The van der Waals surface area contributed by atoms with E-state index in [-0.39, 0.29) is 5.82 Å². The molecule has 0 aliphatic carbocycles. The highest BCUT2D eigenvalue weighted by molar-refractivity contribution is 7.19. The SMILES string of the molecule is Cc1nn(C)cc1-c1nn2c(Cc3ccc(F)cc3)nnc2s1. The molecule has 0 aliphatic heterocycles. The molecule has 0 unspecified atom stereocenters. The van der Waals surface area contributed by atoms with Crippen molar-refractivity contribution >= 4 is 16.3 Å². The van der Waals surface area contributed by atoms with Crippen molar-refractivity contribution in [1.82, 2.24) is 29.6 Å². The minimum Gasteiger partial charge on any atom is -0.275 e. The molecule has 0 saturated carbocycles. The van der Waals surface area contributed by atoms with Gasteiger partial charge in [-0.2, -0.15) is 14.7 Å². The second kappa shape index (κ2) is 5.24. The Morgan fingerprint density at radius 1 is 1.13 bits per heavy atom. The van der Waals surface area contributed by atoms with E-state index in [0.29, 0.717) is 6.42 Å². The molecule has 116 valence electrons. The summed E-state index contributed by atoms with van der Waals surface area (Å²) in [6.45, 7) is 1.96. The van der Waals surface area contributed by atoms with Crippen LogP contribution in [0.15, 0.2) is 30.5 Å². The summed E-state index contributed by atoms with van der Waals surface area (Å²) in [5.74, 6) is 0.485. The molecule has 0 bridgehead atoms. The molecule has 0 fully saturated rings. The fourth-order valence-electron chi connectivity index (χ4n) is 2.47. The third-order valence-corrected chi connectivity index (χ3v) is 4.51. The summed E-state index contributed by atoms with van der Waals surface area (Å²) in [7, 11) is 1.89. The molecule has 3 aromatic heterocycles. The number of hydrogen-bond donors (Lipinski definition) is 0. The zero-order valence-electron chi connectivity index (χ0n) is 12.6. The molecule has 0 atom stereocenters. The van der Waals surface area contributed by atoms with Crippen molar-refractivity contribution < 1.29 is 4.39 Å². The first-order valence-electron chi connectivity index (χ1n) is 7.06. The lowest BCUT2D eigenvalue weighted by Gasteiger charge is -1.98. The van der Waals surface area contributed by atoms with Crippen LogP contribution in [-0.4, -0.2) is 29.6 Å². The topological polar surface area (TPSA) is 60.9 Å². The second-order valence-electron chi connectivity index (χ2n) is 5.32. The standard InChI is InChI=1S/C15H13FN6S/c1-9-12(8-21(2)19-9)14-20-22-13(17-18-15(22)23-14)7-10-3-5-11(16)6-4-10/h3-6,8H,7H2,1-2H3. The predicted molar refractivity (Wildman–Crippen MR) is 84.8 cm³/mol. The third-order valence-electron chi connectivity index (χ3n) is 3.57. The van der Waals surface area contributed by atoms with E-state index in [9.17, 15) is 4.39 Å². The molecule has 0 radical (unpaired) electrons. The van der Waals surface area contributed by atoms with Crippen molar-refractivity contribution in [2.75, 3.05) is 0 Å². The van der Waals surface area contributed by atoms with E-state index < -0.39 is 0 Å². The van der Waals surface area contributed by atoms with Gasteiger partial charge in [0.1, 0.15) is 5.82 Å². The van der Waals surface area contributed by atoms with Crippen molar-refractivity contribution in [3.63, 3.8) is 0 Å². The van der Waals surface area contributed by atoms with Crippen LogP contribution in [0.2, 0.25) is 0 Å². The van der Waals surface area contributed by atoms with Crippen molar-refractivity contribution in [1.29, 1.82) is 0 Å². The molecule has 4 aromatic rings. The minimum absolute atomic E-state index is 0.247. The number of rotatable bonds is 3. The van der Waals surface area contributed by atoms with E-state index in [2.05, 4.69) is 20.4 Å². The number of fused-ring (bicyclic) bond motifs is 1. The van der Waals surface area contributed by atoms with Gasteiger partial charge in [-0.25, -0.2) is 4.39 Å². The predicted octanol–water partition coefficient (Wildman–Crippen LogP) is 2.62. The summed E-state index contributed by atoms with van der Waals surface area (Å²) < 4.78 is 16.5. The first kappa shape index (κ1) is 14.0. The van der Waals surface area contributed by atoms with E-state index in [4.69, 9.17) is 0 Å². The summed E-state index contributed by atoms with van der Waals surface area (Å²) in [5, 5.41) is 18.2. The number of benzene rings is 1. The van der Waals surface area contributed by atoms with Crippen molar-refractivity contribution in [3.8, 4) is 10.6 Å². The van der Waals surface area contributed by atoms with E-state index in [0.717, 1.165) is 32.6 Å². The first-order valence-corrected chi connectivity index (χ1v) is 7.88. The lowest BCUT2D eigenvalue weighted by Crippen LogP contribution is -1.98. The molecular weight excluding hydrogens is 315 g/mol. The largest absolute Gasteiger partial charge is 0.275 e. The Morgan fingerprint density at radius 3 is 2.61 bits per heavy atom. The molecule has 3 heterocycles. The average Bonchev–Trinajstić information content (AvgIpc) is 3.17. The maximum atomic E-state index is 13.0. The van der Waals surface area contributed by atoms with Crippen LogP contribution >= 0.6 is 11.3 Å². The average molecular weight is 328 g/mol. The molecule has 0 N–H and O–H groups in total. The molecule has 23 heavy (non-hydrogen) atoms. The van der Waals surface area contributed by atoms with Crippen LogP contribution in [0.4, 0.5) is 4.39 Å². The van der Waals surface area contributed by atoms with Crippen LogP contribution in [0.3, 0.4) is 0 Å². The van der Waals surface area contributed by atoms with Crippen molar-refractivity contribution in [2.45, 2.75) is 13.3 Å². The highest BCUT2D eigenvalue weighted by Gasteiger charge is 2.16. The Labute approximate surface area is 135 Å². The normalized spacial score (nSPS) is 11.4. The van der Waals surface area contributed by atoms with Gasteiger partial charge in [0.05, 0.1) is 11.3 Å². The smallest absolute Gasteiger partial charge is 0.234 e. The fraction of sp³-hybridized carbons (Fsp3) is 0.200. The summed E-state index contributed by atoms with van der Waals surface area (Å²) in [5.41, 5.74) is 2.89. The molecule has 8 heteroatoms. The Bertz CT molecular complexity index is 981. The zero-order valence-corrected chi connectivity index (χ0v) is 13.4. The highest BCUT2D eigenvalue weighted by Crippen LogP contribution is 2.27. The molecule has 0 amide bonds. The quantitative estimate of drug-likeness (QED) is 0.580. The van der Waals surface area contributed by atoms with Gasteiger partial charge < -0.3 is 0 Å². The van der Waals surface area contributed by atoms with Crippen molar-refractivity contribution in [2.24, 2.45) is 7.05 Å². The molecular formula is C15H13FN6S. The van der Waals surface area contributed by atoms with Gasteiger partial charge in [-0.1, -0.05) is 23.5 Å². The van der Waals surface area contributed by atoms with Crippen LogP contribution in [0, 0.1) is 12.7 Å². The summed E-state index contributed by atoms with van der Waals surface area (Å²) in [4.78, 5) is 0.736. The van der Waals surface area contributed by atoms with Crippen LogP contribution in [-0.2, 0) is 13.5 Å². The number of nitrogens with zero attached hydrogens (tertiary/aromatic N) is 6. The Kier molecular flexibility index (Phi) is 3.19. The summed E-state index contributed by atoms with van der Waals surface area (Å²) in [6, 6.07) is 6.38. The van der Waals surface area contributed by atoms with E-state index >= 15 is 0 Å². The Hall–Kier alpha value is -2.61. The Morgan fingerprint density at radius 2 is 1.91 bits per heavy atom. The molecule has 1 aromatic carbocycles. The van der Waals surface area contributed by atoms with Gasteiger partial charge in [-0.15, -0.1) is 10.2 Å². The number of aryl methyl sites for hydroxylation is 2. The first-order chi connectivity index (χ1) is 11.1. The molecule has 6 nitrogen and oxygen atoms in total. The maximum Gasteiger partial charge on any atom is 0.234 e. The molecule has 0 spiro atoms. The Balaban J connectivity index is 1.72. The third kappa shape index (κ3) is 2.50. The summed E-state index contributed by atoms with van der Waals surface area (Å²) >= 11 is 1.48. The van der Waals surface area contributed by atoms with Crippen LogP contribution in [0.1, 0.15) is 17.1 Å². The molecule has 0 saturated heterocycles. The van der Waals surface area contributed by atoms with E-state index in [1.807, 2.05) is 20.2 Å². The van der Waals surface area contributed by atoms with Crippen LogP contribution < -0.4 is 0 Å². The second-order valence-corrected chi connectivity index (χ2v) is 6.28. The number of aromatic nitrogens is 6. The number of hydrogen-bond acceptors (Lipinski definition) is 5. The van der Waals surface area contributed by atoms with Gasteiger partial charge in [-0.05, 0) is 24.6 Å². The van der Waals surface area contributed by atoms with Crippen molar-refractivity contribution in [3.05, 3.63) is 53.4 Å². The van der Waals surface area contributed by atoms with Crippen LogP contribution in [0.25, 0.3) is 15.5 Å². The van der Waals surface area contributed by atoms with E-state index in [1.165, 1.54) is 23.5 Å². The van der Waals surface area contributed by atoms with Gasteiger partial charge in [0.2, 0.25) is 4.96 Å². The fourth-order valence-corrected chi connectivity index (χ4v) is 3.39.